The quantitative estimate of drug-likeness (QED) is 0.406. The predicted octanol–water partition coefficient (Wildman–Crippen LogP) is 4.51. The van der Waals surface area contributed by atoms with E-state index in [1.165, 1.54) is 5.56 Å². The minimum Gasteiger partial charge on any atom is -0.755 e. The zero-order chi connectivity index (χ0) is 25.5. The molecule has 3 aromatic carbocycles. The highest BCUT2D eigenvalue weighted by Crippen LogP contribution is 2.36. The minimum absolute atomic E-state index is 0.224. The van der Waals surface area contributed by atoms with Gasteiger partial charge in [-0.05, 0) is 73.2 Å². The fourth-order valence-corrected chi connectivity index (χ4v) is 5.69. The van der Waals surface area contributed by atoms with Crippen LogP contribution in [0.5, 0.6) is 5.75 Å². The monoisotopic (exact) mass is 507 g/mol. The fraction of sp³-hybridized carbons (Fsp3) is 0.321. The third kappa shape index (κ3) is 5.78. The molecule has 1 unspecified atom stereocenters. The Labute approximate surface area is 214 Å². The summed E-state index contributed by atoms with van der Waals surface area (Å²) in [6.45, 7) is 1.90. The Morgan fingerprint density at radius 2 is 1.58 bits per heavy atom. The Bertz CT molecular complexity index is 1160. The molecule has 0 radical (unpaired) electrons. The van der Waals surface area contributed by atoms with E-state index < -0.39 is 22.8 Å². The van der Waals surface area contributed by atoms with Gasteiger partial charge in [-0.25, -0.2) is 4.79 Å². The number of aryl methyl sites for hydroxylation is 1. The molecule has 1 saturated heterocycles. The van der Waals surface area contributed by atoms with Crippen LogP contribution in [0, 0.1) is 0 Å². The highest BCUT2D eigenvalue weighted by atomic mass is 32.2. The molecule has 0 bridgehead atoms. The van der Waals surface area contributed by atoms with Crippen LogP contribution in [0.1, 0.15) is 24.8 Å². The SMILES string of the molecule is COc1ccc(-c2ccc(N(S(=O)[O-])C3(C(=O)O)CCN(CCCc4ccccc4)CC3)cc2)cc1. The molecule has 7 nitrogen and oxygen atoms in total. The fourth-order valence-electron chi connectivity index (χ4n) is 4.85. The molecule has 36 heavy (non-hydrogen) atoms. The standard InChI is InChI=1S/C28H32N2O5S/c1-35-26-15-11-24(12-16-26)23-9-13-25(14-10-23)30(36(33)34)28(27(31)32)17-20-29(21-18-28)19-5-8-22-6-3-2-4-7-22/h2-4,6-7,9-16H,5,8,17-21H2,1H3,(H,31,32)(H,33,34)/p-1. The summed E-state index contributed by atoms with van der Waals surface area (Å²) >= 11 is -2.74. The summed E-state index contributed by atoms with van der Waals surface area (Å²) in [6, 6.07) is 24.8. The van der Waals surface area contributed by atoms with Gasteiger partial charge < -0.3 is 19.3 Å². The van der Waals surface area contributed by atoms with Crippen molar-refractivity contribution in [1.29, 1.82) is 0 Å². The molecule has 1 fully saturated rings. The molecule has 0 aromatic heterocycles. The summed E-state index contributed by atoms with van der Waals surface area (Å²) < 4.78 is 31.0. The first-order chi connectivity index (χ1) is 17.4. The first-order valence-corrected chi connectivity index (χ1v) is 13.1. The van der Waals surface area contributed by atoms with Crippen LogP contribution in [0.15, 0.2) is 78.9 Å². The molecule has 0 amide bonds. The van der Waals surface area contributed by atoms with Gasteiger partial charge in [0, 0.05) is 30.0 Å². The topological polar surface area (TPSA) is 93.1 Å². The number of carboxylic acids is 1. The lowest BCUT2D eigenvalue weighted by Gasteiger charge is -2.47. The number of piperidine rings is 1. The second kappa shape index (κ2) is 11.7. The number of likely N-dealkylation sites (tertiary alicyclic amines) is 1. The van der Waals surface area contributed by atoms with Crippen LogP contribution in [0.2, 0.25) is 0 Å². The number of anilines is 1. The van der Waals surface area contributed by atoms with Crippen LogP contribution in [-0.4, -0.2) is 57.0 Å². The lowest BCUT2D eigenvalue weighted by atomic mass is 9.86. The summed E-state index contributed by atoms with van der Waals surface area (Å²) in [5.74, 6) is -0.368. The Balaban J connectivity index is 1.46. The smallest absolute Gasteiger partial charge is 0.330 e. The van der Waals surface area contributed by atoms with E-state index in [0.29, 0.717) is 18.8 Å². The molecule has 1 N–H and O–H groups in total. The molecule has 0 spiro atoms. The van der Waals surface area contributed by atoms with Gasteiger partial charge in [-0.1, -0.05) is 54.6 Å². The van der Waals surface area contributed by atoms with Crippen molar-refractivity contribution >= 4 is 22.9 Å². The van der Waals surface area contributed by atoms with Gasteiger partial charge >= 0.3 is 5.97 Å². The molecule has 1 heterocycles. The Hall–Kier alpha value is -3.20. The van der Waals surface area contributed by atoms with Crippen LogP contribution in [0.4, 0.5) is 5.69 Å². The van der Waals surface area contributed by atoms with Crippen molar-refractivity contribution in [2.45, 2.75) is 31.2 Å². The van der Waals surface area contributed by atoms with E-state index in [4.69, 9.17) is 4.74 Å². The minimum atomic E-state index is -2.74. The maximum Gasteiger partial charge on any atom is 0.330 e. The van der Waals surface area contributed by atoms with E-state index in [1.54, 1.807) is 19.2 Å². The van der Waals surface area contributed by atoms with Crippen molar-refractivity contribution in [3.63, 3.8) is 0 Å². The van der Waals surface area contributed by atoms with E-state index in [-0.39, 0.29) is 12.8 Å². The summed E-state index contributed by atoms with van der Waals surface area (Å²) in [5.41, 5.74) is 1.97. The van der Waals surface area contributed by atoms with E-state index in [9.17, 15) is 18.7 Å². The third-order valence-electron chi connectivity index (χ3n) is 6.93. The van der Waals surface area contributed by atoms with Crippen LogP contribution >= 0.6 is 0 Å². The average Bonchev–Trinajstić information content (AvgIpc) is 2.90. The summed E-state index contributed by atoms with van der Waals surface area (Å²) in [5, 5.41) is 10.2. The first kappa shape index (κ1) is 25.9. The van der Waals surface area contributed by atoms with E-state index >= 15 is 0 Å². The van der Waals surface area contributed by atoms with Crippen LogP contribution in [-0.2, 0) is 22.5 Å². The van der Waals surface area contributed by atoms with Crippen molar-refractivity contribution < 1.29 is 23.4 Å². The molecule has 4 rings (SSSR count). The van der Waals surface area contributed by atoms with E-state index in [1.807, 2.05) is 54.6 Å². The Morgan fingerprint density at radius 1 is 1.00 bits per heavy atom. The summed E-state index contributed by atoms with van der Waals surface area (Å²) in [7, 11) is 1.61. The number of aliphatic carboxylic acids is 1. The lowest BCUT2D eigenvalue weighted by molar-refractivity contribution is -0.144. The molecule has 8 heteroatoms. The summed E-state index contributed by atoms with van der Waals surface area (Å²) in [6.07, 6.45) is 2.37. The van der Waals surface area contributed by atoms with E-state index in [0.717, 1.165) is 40.6 Å². The number of rotatable bonds is 10. The van der Waals surface area contributed by atoms with Gasteiger partial charge in [0.05, 0.1) is 7.11 Å². The highest BCUT2D eigenvalue weighted by molar-refractivity contribution is 7.80. The molecule has 0 aliphatic carbocycles. The molecular formula is C28H31N2O5S-. The largest absolute Gasteiger partial charge is 0.755 e. The van der Waals surface area contributed by atoms with Gasteiger partial charge in [0.25, 0.3) is 0 Å². The number of benzene rings is 3. The van der Waals surface area contributed by atoms with E-state index in [2.05, 4.69) is 17.0 Å². The van der Waals surface area contributed by atoms with Gasteiger partial charge in [-0.2, -0.15) is 0 Å². The van der Waals surface area contributed by atoms with Gasteiger partial charge in [-0.3, -0.25) is 8.51 Å². The van der Waals surface area contributed by atoms with Gasteiger partial charge in [0.1, 0.15) is 5.75 Å². The third-order valence-corrected chi connectivity index (χ3v) is 7.79. The molecular weight excluding hydrogens is 476 g/mol. The number of methoxy groups -OCH3 is 1. The number of carboxylic acid groups (broad SMARTS) is 1. The summed E-state index contributed by atoms with van der Waals surface area (Å²) in [4.78, 5) is 14.7. The Kier molecular flexibility index (Phi) is 8.40. The van der Waals surface area contributed by atoms with Gasteiger partial charge in [0.2, 0.25) is 0 Å². The normalized spacial score (nSPS) is 16.3. The average molecular weight is 508 g/mol. The van der Waals surface area contributed by atoms with Gasteiger partial charge in [0.15, 0.2) is 5.54 Å². The van der Waals surface area contributed by atoms with Crippen LogP contribution in [0.25, 0.3) is 11.1 Å². The maximum atomic E-state index is 12.5. The van der Waals surface area contributed by atoms with Crippen LogP contribution in [0.3, 0.4) is 0 Å². The highest BCUT2D eigenvalue weighted by Gasteiger charge is 2.47. The number of nitrogens with zero attached hydrogens (tertiary/aromatic N) is 2. The maximum absolute atomic E-state index is 12.5. The van der Waals surface area contributed by atoms with Crippen molar-refractivity contribution in [3.05, 3.63) is 84.4 Å². The predicted molar refractivity (Wildman–Crippen MR) is 141 cm³/mol. The number of ether oxygens (including phenoxy) is 1. The molecule has 3 aromatic rings. The van der Waals surface area contributed by atoms with Crippen molar-refractivity contribution in [2.24, 2.45) is 0 Å². The second-order valence-electron chi connectivity index (χ2n) is 9.05. The molecule has 1 atom stereocenters. The molecule has 190 valence electrons. The zero-order valence-corrected chi connectivity index (χ0v) is 21.2. The molecule has 1 aliphatic heterocycles. The number of carbonyl (C=O) groups is 1. The molecule has 1 aliphatic rings. The van der Waals surface area contributed by atoms with Crippen LogP contribution < -0.4 is 9.04 Å². The number of hydrogen-bond acceptors (Lipinski definition) is 5. The second-order valence-corrected chi connectivity index (χ2v) is 9.85. The first-order valence-electron chi connectivity index (χ1n) is 12.1. The molecule has 0 saturated carbocycles. The van der Waals surface area contributed by atoms with Crippen molar-refractivity contribution in [1.82, 2.24) is 4.90 Å². The lowest BCUT2D eigenvalue weighted by Crippen LogP contribution is -2.61. The van der Waals surface area contributed by atoms with Gasteiger partial charge in [-0.15, -0.1) is 0 Å². The zero-order valence-electron chi connectivity index (χ0n) is 20.3. The Morgan fingerprint density at radius 3 is 2.11 bits per heavy atom. The van der Waals surface area contributed by atoms with Crippen molar-refractivity contribution in [2.75, 3.05) is 31.0 Å². The number of hydrogen-bond donors (Lipinski definition) is 1. The van der Waals surface area contributed by atoms with Crippen molar-refractivity contribution in [3.8, 4) is 16.9 Å².